The zero-order valence-electron chi connectivity index (χ0n) is 15.7. The molecular formula is C22H18ClN3O3. The molecule has 6 nitrogen and oxygen atoms in total. The van der Waals surface area contributed by atoms with E-state index < -0.39 is 4.92 Å². The molecule has 0 aliphatic rings. The van der Waals surface area contributed by atoms with Crippen LogP contribution in [-0.2, 0) is 12.8 Å². The van der Waals surface area contributed by atoms with Gasteiger partial charge in [0.1, 0.15) is 0 Å². The first-order valence-electron chi connectivity index (χ1n) is 9.21. The second-order valence-electron chi connectivity index (χ2n) is 6.95. The van der Waals surface area contributed by atoms with Gasteiger partial charge >= 0.3 is 5.69 Å². The van der Waals surface area contributed by atoms with Crippen LogP contribution in [0, 0.1) is 17.0 Å². The number of hydrogen-bond acceptors (Lipinski definition) is 5. The smallest absolute Gasteiger partial charge is 0.334 e. The van der Waals surface area contributed by atoms with Crippen molar-refractivity contribution < 1.29 is 9.45 Å². The molecule has 0 saturated carbocycles. The Balaban J connectivity index is 1.70. The molecule has 7 heteroatoms. The molecule has 1 atom stereocenters. The van der Waals surface area contributed by atoms with Crippen LogP contribution in [0.4, 0.5) is 5.69 Å². The fraction of sp³-hybridized carbons (Fsp3) is 0.182. The fourth-order valence-corrected chi connectivity index (χ4v) is 3.65. The molecule has 4 aromatic rings. The van der Waals surface area contributed by atoms with Gasteiger partial charge in [-0.15, -0.1) is 0 Å². The molecule has 2 aromatic heterocycles. The molecule has 29 heavy (non-hydrogen) atoms. The van der Waals surface area contributed by atoms with Crippen LogP contribution in [0.3, 0.4) is 0 Å². The number of aromatic nitrogens is 2. The van der Waals surface area contributed by atoms with Gasteiger partial charge in [0, 0.05) is 22.5 Å². The SMILES string of the molecule is Cc1noc(CC(Cc2ccc3ccccc3n2)c2ccc(Cl)cc2)c1[N+](=O)[O-]. The van der Waals surface area contributed by atoms with Gasteiger partial charge in [0.15, 0.2) is 5.69 Å². The van der Waals surface area contributed by atoms with E-state index in [9.17, 15) is 10.1 Å². The number of nitrogens with zero attached hydrogens (tertiary/aromatic N) is 3. The molecule has 0 fully saturated rings. The van der Waals surface area contributed by atoms with Crippen LogP contribution >= 0.6 is 11.6 Å². The molecule has 1 unspecified atom stereocenters. The summed E-state index contributed by atoms with van der Waals surface area (Å²) < 4.78 is 5.30. The average Bonchev–Trinajstić information content (AvgIpc) is 3.08. The van der Waals surface area contributed by atoms with Crippen LogP contribution in [0.25, 0.3) is 10.9 Å². The molecule has 0 aliphatic heterocycles. The van der Waals surface area contributed by atoms with Gasteiger partial charge in [-0.25, -0.2) is 0 Å². The number of pyridine rings is 1. The summed E-state index contributed by atoms with van der Waals surface area (Å²) in [5.74, 6) is 0.195. The Morgan fingerprint density at radius 1 is 1.07 bits per heavy atom. The normalized spacial score (nSPS) is 12.2. The Morgan fingerprint density at radius 2 is 1.83 bits per heavy atom. The van der Waals surface area contributed by atoms with E-state index in [0.717, 1.165) is 22.2 Å². The first-order valence-corrected chi connectivity index (χ1v) is 9.58. The van der Waals surface area contributed by atoms with Crippen molar-refractivity contribution in [2.24, 2.45) is 0 Å². The largest absolute Gasteiger partial charge is 0.354 e. The second-order valence-corrected chi connectivity index (χ2v) is 7.39. The maximum atomic E-state index is 11.4. The first kappa shape index (κ1) is 19.1. The van der Waals surface area contributed by atoms with E-state index in [1.807, 2.05) is 60.7 Å². The quantitative estimate of drug-likeness (QED) is 0.304. The van der Waals surface area contributed by atoms with E-state index in [-0.39, 0.29) is 23.1 Å². The van der Waals surface area contributed by atoms with Crippen LogP contribution in [0.1, 0.15) is 28.6 Å². The van der Waals surface area contributed by atoms with Crippen LogP contribution in [0.5, 0.6) is 0 Å². The number of rotatable bonds is 6. The molecule has 2 heterocycles. The molecule has 0 aliphatic carbocycles. The maximum absolute atomic E-state index is 11.4. The molecule has 0 radical (unpaired) electrons. The summed E-state index contributed by atoms with van der Waals surface area (Å²) in [4.78, 5) is 15.8. The van der Waals surface area contributed by atoms with Gasteiger partial charge < -0.3 is 4.52 Å². The van der Waals surface area contributed by atoms with Gasteiger partial charge in [-0.05, 0) is 49.1 Å². The van der Waals surface area contributed by atoms with E-state index in [0.29, 0.717) is 17.9 Å². The number of halogens is 1. The Morgan fingerprint density at radius 3 is 2.59 bits per heavy atom. The molecule has 0 saturated heterocycles. The molecule has 146 valence electrons. The summed E-state index contributed by atoms with van der Waals surface area (Å²) in [6.45, 7) is 1.58. The number of hydrogen-bond donors (Lipinski definition) is 0. The minimum Gasteiger partial charge on any atom is -0.354 e. The lowest BCUT2D eigenvalue weighted by Gasteiger charge is -2.16. The summed E-state index contributed by atoms with van der Waals surface area (Å²) in [5.41, 5.74) is 3.05. The molecule has 0 N–H and O–H groups in total. The van der Waals surface area contributed by atoms with Crippen LogP contribution in [0.15, 0.2) is 65.2 Å². The minimum atomic E-state index is -0.436. The Labute approximate surface area is 172 Å². The summed E-state index contributed by atoms with van der Waals surface area (Å²) in [7, 11) is 0. The molecule has 0 amide bonds. The highest BCUT2D eigenvalue weighted by molar-refractivity contribution is 6.30. The van der Waals surface area contributed by atoms with Gasteiger partial charge in [-0.3, -0.25) is 15.1 Å². The van der Waals surface area contributed by atoms with Crippen LogP contribution in [0.2, 0.25) is 5.02 Å². The van der Waals surface area contributed by atoms with E-state index >= 15 is 0 Å². The third-order valence-corrected chi connectivity index (χ3v) is 5.22. The summed E-state index contributed by atoms with van der Waals surface area (Å²) in [5, 5.41) is 16.9. The Bertz CT molecular complexity index is 1170. The number of nitro groups is 1. The highest BCUT2D eigenvalue weighted by Gasteiger charge is 2.27. The monoisotopic (exact) mass is 407 g/mol. The van der Waals surface area contributed by atoms with E-state index in [1.54, 1.807) is 6.92 Å². The first-order chi connectivity index (χ1) is 14.0. The molecule has 2 aromatic carbocycles. The van der Waals surface area contributed by atoms with E-state index in [1.165, 1.54) is 0 Å². The number of fused-ring (bicyclic) bond motifs is 1. The third kappa shape index (κ3) is 4.12. The van der Waals surface area contributed by atoms with Gasteiger partial charge in [0.25, 0.3) is 0 Å². The lowest BCUT2D eigenvalue weighted by atomic mass is 9.89. The summed E-state index contributed by atoms with van der Waals surface area (Å²) in [6, 6.07) is 19.5. The maximum Gasteiger partial charge on any atom is 0.334 e. The average molecular weight is 408 g/mol. The topological polar surface area (TPSA) is 82.1 Å². The summed E-state index contributed by atoms with van der Waals surface area (Å²) in [6.07, 6.45) is 0.941. The van der Waals surface area contributed by atoms with Crippen LogP contribution < -0.4 is 0 Å². The summed E-state index contributed by atoms with van der Waals surface area (Å²) >= 11 is 6.04. The number of aryl methyl sites for hydroxylation is 1. The third-order valence-electron chi connectivity index (χ3n) is 4.97. The van der Waals surface area contributed by atoms with Gasteiger partial charge in [0.05, 0.1) is 10.4 Å². The second kappa shape index (κ2) is 8.01. The van der Waals surface area contributed by atoms with Crippen molar-refractivity contribution in [1.82, 2.24) is 10.1 Å². The zero-order chi connectivity index (χ0) is 20.4. The number of para-hydroxylation sites is 1. The zero-order valence-corrected chi connectivity index (χ0v) is 16.5. The Hall–Kier alpha value is -3.25. The molecule has 0 bridgehead atoms. The van der Waals surface area contributed by atoms with E-state index in [2.05, 4.69) is 5.16 Å². The van der Waals surface area contributed by atoms with Crippen molar-refractivity contribution in [2.45, 2.75) is 25.7 Å². The van der Waals surface area contributed by atoms with Crippen molar-refractivity contribution in [1.29, 1.82) is 0 Å². The minimum absolute atomic E-state index is 0.0598. The molecule has 0 spiro atoms. The predicted molar refractivity (Wildman–Crippen MR) is 111 cm³/mol. The van der Waals surface area contributed by atoms with Gasteiger partial charge in [0.2, 0.25) is 5.76 Å². The highest BCUT2D eigenvalue weighted by Crippen LogP contribution is 2.31. The van der Waals surface area contributed by atoms with Gasteiger partial charge in [-0.1, -0.05) is 53.2 Å². The lowest BCUT2D eigenvalue weighted by Crippen LogP contribution is -2.09. The van der Waals surface area contributed by atoms with Crippen molar-refractivity contribution in [2.75, 3.05) is 0 Å². The fourth-order valence-electron chi connectivity index (χ4n) is 3.52. The Kier molecular flexibility index (Phi) is 5.27. The molecule has 4 rings (SSSR count). The van der Waals surface area contributed by atoms with Crippen molar-refractivity contribution in [3.05, 3.63) is 98.5 Å². The number of benzene rings is 2. The standard InChI is InChI=1S/C22H18ClN3O3/c1-14-22(26(27)28)21(29-25-14)13-17(15-6-9-18(23)10-7-15)12-19-11-8-16-4-2-3-5-20(16)24-19/h2-11,17H,12-13H2,1H3. The predicted octanol–water partition coefficient (Wildman–Crippen LogP) is 5.66. The van der Waals surface area contributed by atoms with Crippen molar-refractivity contribution >= 4 is 28.2 Å². The van der Waals surface area contributed by atoms with Crippen molar-refractivity contribution in [3.8, 4) is 0 Å². The lowest BCUT2D eigenvalue weighted by molar-refractivity contribution is -0.386. The highest BCUT2D eigenvalue weighted by atomic mass is 35.5. The van der Waals surface area contributed by atoms with Crippen LogP contribution in [-0.4, -0.2) is 15.1 Å². The molecular weight excluding hydrogens is 390 g/mol. The van der Waals surface area contributed by atoms with Gasteiger partial charge in [-0.2, -0.15) is 0 Å². The van der Waals surface area contributed by atoms with E-state index in [4.69, 9.17) is 21.1 Å². The van der Waals surface area contributed by atoms with Crippen molar-refractivity contribution in [3.63, 3.8) is 0 Å².